The Morgan fingerprint density at radius 3 is 2.43 bits per heavy atom. The molecule has 0 spiro atoms. The van der Waals surface area contributed by atoms with Crippen LogP contribution in [0.2, 0.25) is 0 Å². The van der Waals surface area contributed by atoms with E-state index in [0.717, 1.165) is 43.2 Å². The van der Waals surface area contributed by atoms with Crippen LogP contribution in [0.15, 0.2) is 4.99 Å². The lowest BCUT2D eigenvalue weighted by Crippen LogP contribution is -2.47. The molecule has 0 radical (unpaired) electrons. The summed E-state index contributed by atoms with van der Waals surface area (Å²) >= 11 is 0. The smallest absolute Gasteiger partial charge is 0.191 e. The van der Waals surface area contributed by atoms with Gasteiger partial charge in [0.05, 0.1) is 18.2 Å². The SMILES string of the molecule is CCNC(=NCC(C1CC1)C1CC1)NC1CC2CCC1O2. The Bertz CT molecular complexity index is 391. The fourth-order valence-electron chi connectivity index (χ4n) is 4.21. The van der Waals surface area contributed by atoms with Crippen molar-refractivity contribution < 1.29 is 4.74 Å². The first-order valence-electron chi connectivity index (χ1n) is 9.03. The Labute approximate surface area is 128 Å². The molecule has 2 bridgehead atoms. The highest BCUT2D eigenvalue weighted by molar-refractivity contribution is 5.80. The van der Waals surface area contributed by atoms with Gasteiger partial charge in [-0.1, -0.05) is 0 Å². The zero-order chi connectivity index (χ0) is 14.2. The summed E-state index contributed by atoms with van der Waals surface area (Å²) in [7, 11) is 0. The van der Waals surface area contributed by atoms with E-state index in [2.05, 4.69) is 17.6 Å². The van der Waals surface area contributed by atoms with E-state index in [1.165, 1.54) is 38.5 Å². The Balaban J connectivity index is 1.35. The van der Waals surface area contributed by atoms with Crippen molar-refractivity contribution in [2.45, 2.75) is 70.1 Å². The molecule has 0 aromatic heterocycles. The third-order valence-corrected chi connectivity index (χ3v) is 5.69. The molecule has 4 nitrogen and oxygen atoms in total. The molecule has 0 aromatic carbocycles. The molecule has 0 aromatic rings. The predicted molar refractivity (Wildman–Crippen MR) is 84.4 cm³/mol. The average molecular weight is 291 g/mol. The number of guanidine groups is 1. The van der Waals surface area contributed by atoms with Gasteiger partial charge < -0.3 is 15.4 Å². The van der Waals surface area contributed by atoms with Gasteiger partial charge in [-0.3, -0.25) is 4.99 Å². The van der Waals surface area contributed by atoms with Crippen LogP contribution in [0.3, 0.4) is 0 Å². The van der Waals surface area contributed by atoms with E-state index in [-0.39, 0.29) is 0 Å². The van der Waals surface area contributed by atoms with Crippen molar-refractivity contribution >= 4 is 5.96 Å². The molecule has 3 unspecified atom stereocenters. The molecule has 2 saturated carbocycles. The van der Waals surface area contributed by atoms with Gasteiger partial charge >= 0.3 is 0 Å². The number of aliphatic imine (C=N–C) groups is 1. The standard InChI is InChI=1S/C17H29N3O/c1-2-18-17(20-15-9-13-7-8-16(15)21-13)19-10-14(11-3-4-11)12-5-6-12/h11-16H,2-10H2,1H3,(H2,18,19,20). The van der Waals surface area contributed by atoms with Crippen molar-refractivity contribution in [1.82, 2.24) is 10.6 Å². The molecule has 2 N–H and O–H groups in total. The van der Waals surface area contributed by atoms with Crippen molar-refractivity contribution in [2.75, 3.05) is 13.1 Å². The second-order valence-corrected chi connectivity index (χ2v) is 7.42. The summed E-state index contributed by atoms with van der Waals surface area (Å²) < 4.78 is 5.94. The van der Waals surface area contributed by atoms with Crippen LogP contribution in [0.4, 0.5) is 0 Å². The molecule has 2 aliphatic heterocycles. The van der Waals surface area contributed by atoms with Crippen LogP contribution in [-0.4, -0.2) is 37.3 Å². The van der Waals surface area contributed by atoms with Gasteiger partial charge in [0.15, 0.2) is 5.96 Å². The number of nitrogens with zero attached hydrogens (tertiary/aromatic N) is 1. The van der Waals surface area contributed by atoms with Crippen LogP contribution >= 0.6 is 0 Å². The fraction of sp³-hybridized carbons (Fsp3) is 0.941. The maximum Gasteiger partial charge on any atom is 0.191 e. The minimum Gasteiger partial charge on any atom is -0.373 e. The third-order valence-electron chi connectivity index (χ3n) is 5.69. The van der Waals surface area contributed by atoms with Gasteiger partial charge in [-0.2, -0.15) is 0 Å². The number of nitrogens with one attached hydrogen (secondary N) is 2. The van der Waals surface area contributed by atoms with E-state index >= 15 is 0 Å². The van der Waals surface area contributed by atoms with E-state index in [4.69, 9.17) is 9.73 Å². The fourth-order valence-corrected chi connectivity index (χ4v) is 4.21. The number of ether oxygens (including phenoxy) is 1. The van der Waals surface area contributed by atoms with Crippen molar-refractivity contribution in [3.63, 3.8) is 0 Å². The van der Waals surface area contributed by atoms with E-state index in [9.17, 15) is 0 Å². The van der Waals surface area contributed by atoms with E-state index in [0.29, 0.717) is 18.2 Å². The minimum atomic E-state index is 0.418. The van der Waals surface area contributed by atoms with E-state index in [1.807, 2.05) is 0 Å². The molecule has 0 amide bonds. The Kier molecular flexibility index (Phi) is 3.82. The molecule has 21 heavy (non-hydrogen) atoms. The van der Waals surface area contributed by atoms with Gasteiger partial charge in [0.1, 0.15) is 0 Å². The molecule has 2 heterocycles. The normalized spacial score (nSPS) is 35.5. The summed E-state index contributed by atoms with van der Waals surface area (Å²) in [6.07, 6.45) is 10.3. The largest absolute Gasteiger partial charge is 0.373 e. The molecule has 4 aliphatic rings. The quantitative estimate of drug-likeness (QED) is 0.583. The lowest BCUT2D eigenvalue weighted by Gasteiger charge is -2.23. The summed E-state index contributed by atoms with van der Waals surface area (Å²) in [5.41, 5.74) is 0. The van der Waals surface area contributed by atoms with Gasteiger partial charge in [0, 0.05) is 13.1 Å². The van der Waals surface area contributed by atoms with E-state index in [1.54, 1.807) is 0 Å². The molecule has 4 fully saturated rings. The van der Waals surface area contributed by atoms with Crippen LogP contribution in [0.1, 0.15) is 51.9 Å². The lowest BCUT2D eigenvalue weighted by molar-refractivity contribution is 0.0992. The number of hydrogen-bond donors (Lipinski definition) is 2. The van der Waals surface area contributed by atoms with Crippen LogP contribution in [0.5, 0.6) is 0 Å². The maximum atomic E-state index is 5.94. The highest BCUT2D eigenvalue weighted by atomic mass is 16.5. The summed E-state index contributed by atoms with van der Waals surface area (Å²) in [4.78, 5) is 4.92. The van der Waals surface area contributed by atoms with Crippen LogP contribution in [0.25, 0.3) is 0 Å². The lowest BCUT2D eigenvalue weighted by atomic mass is 9.95. The predicted octanol–water partition coefficient (Wildman–Crippen LogP) is 2.30. The number of rotatable bonds is 6. The van der Waals surface area contributed by atoms with Gasteiger partial charge in [0.2, 0.25) is 0 Å². The number of hydrogen-bond acceptors (Lipinski definition) is 2. The summed E-state index contributed by atoms with van der Waals surface area (Å²) in [5.74, 6) is 3.84. The zero-order valence-corrected chi connectivity index (χ0v) is 13.2. The van der Waals surface area contributed by atoms with Gasteiger partial charge in [-0.15, -0.1) is 0 Å². The van der Waals surface area contributed by atoms with Crippen LogP contribution in [-0.2, 0) is 4.74 Å². The first-order valence-corrected chi connectivity index (χ1v) is 9.03. The second kappa shape index (κ2) is 5.79. The summed E-state index contributed by atoms with van der Waals surface area (Å²) in [6.45, 7) is 4.10. The Morgan fingerprint density at radius 2 is 1.90 bits per heavy atom. The summed E-state index contributed by atoms with van der Waals surface area (Å²) in [6, 6.07) is 0.474. The van der Waals surface area contributed by atoms with Gasteiger partial charge in [-0.25, -0.2) is 0 Å². The first kappa shape index (κ1) is 13.9. The van der Waals surface area contributed by atoms with Crippen LogP contribution in [0, 0.1) is 17.8 Å². The molecule has 2 saturated heterocycles. The van der Waals surface area contributed by atoms with Crippen molar-refractivity contribution in [1.29, 1.82) is 0 Å². The molecule has 118 valence electrons. The van der Waals surface area contributed by atoms with Crippen molar-refractivity contribution in [3.05, 3.63) is 0 Å². The first-order chi connectivity index (χ1) is 10.3. The summed E-state index contributed by atoms with van der Waals surface area (Å²) in [5, 5.41) is 7.06. The highest BCUT2D eigenvalue weighted by Crippen LogP contribution is 2.49. The molecule has 2 aliphatic carbocycles. The van der Waals surface area contributed by atoms with Crippen LogP contribution < -0.4 is 10.6 Å². The Morgan fingerprint density at radius 1 is 1.14 bits per heavy atom. The Hall–Kier alpha value is -0.770. The molecule has 4 heteroatoms. The monoisotopic (exact) mass is 291 g/mol. The third kappa shape index (κ3) is 3.20. The zero-order valence-electron chi connectivity index (χ0n) is 13.2. The molecular formula is C17H29N3O. The second-order valence-electron chi connectivity index (χ2n) is 7.42. The topological polar surface area (TPSA) is 45.7 Å². The molecule has 3 atom stereocenters. The maximum absolute atomic E-state index is 5.94. The van der Waals surface area contributed by atoms with Gasteiger partial charge in [-0.05, 0) is 69.6 Å². The minimum absolute atomic E-state index is 0.418. The van der Waals surface area contributed by atoms with Crippen molar-refractivity contribution in [2.24, 2.45) is 22.7 Å². The highest BCUT2D eigenvalue weighted by Gasteiger charge is 2.42. The molecule has 4 rings (SSSR count). The average Bonchev–Trinajstić information content (AvgIpc) is 3.41. The van der Waals surface area contributed by atoms with Gasteiger partial charge in [0.25, 0.3) is 0 Å². The number of fused-ring (bicyclic) bond motifs is 2. The molecular weight excluding hydrogens is 262 g/mol. The van der Waals surface area contributed by atoms with Crippen molar-refractivity contribution in [3.8, 4) is 0 Å². The van der Waals surface area contributed by atoms with E-state index < -0.39 is 0 Å².